The minimum Gasteiger partial charge on any atom is -0.486 e. The van der Waals surface area contributed by atoms with Gasteiger partial charge in [-0.15, -0.1) is 0 Å². The maximum absolute atomic E-state index is 12.9. The van der Waals surface area contributed by atoms with Crippen LogP contribution in [0.2, 0.25) is 0 Å². The number of rotatable bonds is 7. The van der Waals surface area contributed by atoms with Crippen molar-refractivity contribution in [3.8, 4) is 22.9 Å². The minimum absolute atomic E-state index is 0.00487. The summed E-state index contributed by atoms with van der Waals surface area (Å²) >= 11 is 5.41. The van der Waals surface area contributed by atoms with Gasteiger partial charge in [-0.2, -0.15) is 5.10 Å². The van der Waals surface area contributed by atoms with Crippen LogP contribution in [0.3, 0.4) is 0 Å². The largest absolute Gasteiger partial charge is 0.486 e. The van der Waals surface area contributed by atoms with Crippen molar-refractivity contribution in [3.63, 3.8) is 0 Å². The fourth-order valence-electron chi connectivity index (χ4n) is 4.06. The Hall–Kier alpha value is -3.13. The van der Waals surface area contributed by atoms with Crippen molar-refractivity contribution in [2.45, 2.75) is 38.8 Å². The van der Waals surface area contributed by atoms with E-state index in [9.17, 15) is 4.79 Å². The number of carbonyl (C=O) groups is 1. The average Bonchev–Trinajstić information content (AvgIpc) is 3.59. The predicted molar refractivity (Wildman–Crippen MR) is 123 cm³/mol. The number of aromatic nitrogens is 3. The van der Waals surface area contributed by atoms with E-state index in [1.807, 2.05) is 54.0 Å². The molecule has 7 nitrogen and oxygen atoms in total. The van der Waals surface area contributed by atoms with Crippen LogP contribution in [-0.2, 0) is 11.3 Å². The zero-order chi connectivity index (χ0) is 22.1. The van der Waals surface area contributed by atoms with Crippen molar-refractivity contribution in [2.24, 2.45) is 5.92 Å². The molecule has 1 fully saturated rings. The van der Waals surface area contributed by atoms with Crippen LogP contribution in [0.25, 0.3) is 11.4 Å². The lowest BCUT2D eigenvalue weighted by atomic mass is 10.0. The summed E-state index contributed by atoms with van der Waals surface area (Å²) in [6.45, 7) is 3.62. The lowest BCUT2D eigenvalue weighted by molar-refractivity contribution is -0.122. The standard InChI is InChI=1S/C24H26N4O3S/c1-15-2-4-17(5-3-15)23-26-27-24(32)28(23)11-10-21(29)25-22(16-6-7-16)18-8-9-19-20(14-18)31-13-12-30-19/h2-5,8-9,14,16,22H,6-7,10-13H2,1H3,(H,25,29)(H,27,32). The van der Waals surface area contributed by atoms with Crippen LogP contribution in [0.15, 0.2) is 42.5 Å². The number of aryl methyl sites for hydroxylation is 1. The molecule has 1 aliphatic carbocycles. The zero-order valence-electron chi connectivity index (χ0n) is 18.0. The first-order valence-electron chi connectivity index (χ1n) is 11.0. The number of carbonyl (C=O) groups excluding carboxylic acids is 1. The summed E-state index contributed by atoms with van der Waals surface area (Å²) in [5.74, 6) is 2.71. The number of nitrogens with one attached hydrogen (secondary N) is 2. The molecule has 2 N–H and O–H groups in total. The molecule has 166 valence electrons. The Morgan fingerprint density at radius 3 is 2.69 bits per heavy atom. The molecular formula is C24H26N4O3S. The van der Waals surface area contributed by atoms with Crippen LogP contribution in [0.1, 0.15) is 36.4 Å². The number of hydrogen-bond acceptors (Lipinski definition) is 5. The molecule has 1 aliphatic heterocycles. The summed E-state index contributed by atoms with van der Waals surface area (Å²) in [4.78, 5) is 12.9. The topological polar surface area (TPSA) is 81.2 Å². The molecule has 0 saturated heterocycles. The van der Waals surface area contributed by atoms with Gasteiger partial charge in [-0.05, 0) is 55.6 Å². The quantitative estimate of drug-likeness (QED) is 0.523. The van der Waals surface area contributed by atoms with E-state index in [4.69, 9.17) is 21.7 Å². The highest BCUT2D eigenvalue weighted by Gasteiger charge is 2.34. The lowest BCUT2D eigenvalue weighted by Crippen LogP contribution is -2.30. The van der Waals surface area contributed by atoms with E-state index < -0.39 is 0 Å². The van der Waals surface area contributed by atoms with Crippen molar-refractivity contribution >= 4 is 18.1 Å². The van der Waals surface area contributed by atoms with Crippen LogP contribution < -0.4 is 14.8 Å². The molecule has 8 heteroatoms. The van der Waals surface area contributed by atoms with Gasteiger partial charge in [0.2, 0.25) is 5.91 Å². The van der Waals surface area contributed by atoms with Crippen LogP contribution in [-0.4, -0.2) is 33.9 Å². The molecule has 0 radical (unpaired) electrons. The van der Waals surface area contributed by atoms with E-state index in [0.717, 1.165) is 41.3 Å². The molecule has 1 amide bonds. The average molecular weight is 451 g/mol. The highest BCUT2D eigenvalue weighted by Crippen LogP contribution is 2.43. The number of fused-ring (bicyclic) bond motifs is 1. The van der Waals surface area contributed by atoms with Gasteiger partial charge in [0.25, 0.3) is 0 Å². The summed E-state index contributed by atoms with van der Waals surface area (Å²) < 4.78 is 13.8. The first-order chi connectivity index (χ1) is 15.6. The third kappa shape index (κ3) is 4.41. The third-order valence-electron chi connectivity index (χ3n) is 5.97. The van der Waals surface area contributed by atoms with E-state index in [1.165, 1.54) is 5.56 Å². The Bertz CT molecular complexity index is 1180. The summed E-state index contributed by atoms with van der Waals surface area (Å²) in [5, 5.41) is 10.5. The summed E-state index contributed by atoms with van der Waals surface area (Å²) in [6.07, 6.45) is 2.55. The van der Waals surface area contributed by atoms with Crippen molar-refractivity contribution in [2.75, 3.05) is 13.2 Å². The monoisotopic (exact) mass is 450 g/mol. The van der Waals surface area contributed by atoms with Crippen LogP contribution >= 0.6 is 12.2 Å². The minimum atomic E-state index is -0.0211. The molecule has 5 rings (SSSR count). The van der Waals surface area contributed by atoms with Crippen molar-refractivity contribution in [3.05, 3.63) is 58.4 Å². The summed E-state index contributed by atoms with van der Waals surface area (Å²) in [6, 6.07) is 14.0. The van der Waals surface area contributed by atoms with E-state index in [-0.39, 0.29) is 11.9 Å². The molecular weight excluding hydrogens is 424 g/mol. The molecule has 0 bridgehead atoms. The van der Waals surface area contributed by atoms with Gasteiger partial charge in [-0.1, -0.05) is 35.9 Å². The van der Waals surface area contributed by atoms with Crippen LogP contribution in [0.4, 0.5) is 0 Å². The SMILES string of the molecule is Cc1ccc(-c2n[nH]c(=S)n2CCC(=O)NC(c2ccc3c(c2)OCCO3)C2CC2)cc1. The Balaban J connectivity index is 1.28. The number of benzene rings is 2. The summed E-state index contributed by atoms with van der Waals surface area (Å²) in [7, 11) is 0. The second-order valence-electron chi connectivity index (χ2n) is 8.41. The Morgan fingerprint density at radius 2 is 1.94 bits per heavy atom. The fourth-order valence-corrected chi connectivity index (χ4v) is 4.29. The summed E-state index contributed by atoms with van der Waals surface area (Å²) in [5.41, 5.74) is 3.21. The zero-order valence-corrected chi connectivity index (χ0v) is 18.8. The van der Waals surface area contributed by atoms with Gasteiger partial charge in [0.05, 0.1) is 6.04 Å². The number of ether oxygens (including phenoxy) is 2. The van der Waals surface area contributed by atoms with Gasteiger partial charge in [-0.3, -0.25) is 14.5 Å². The van der Waals surface area contributed by atoms with Gasteiger partial charge in [-0.25, -0.2) is 0 Å². The molecule has 0 spiro atoms. The van der Waals surface area contributed by atoms with Crippen molar-refractivity contribution in [1.82, 2.24) is 20.1 Å². The van der Waals surface area contributed by atoms with Crippen LogP contribution in [0.5, 0.6) is 11.5 Å². The maximum atomic E-state index is 12.9. The van der Waals surface area contributed by atoms with Gasteiger partial charge >= 0.3 is 0 Å². The Labute approximate surface area is 191 Å². The van der Waals surface area contributed by atoms with Gasteiger partial charge in [0, 0.05) is 18.5 Å². The molecule has 1 saturated carbocycles. The van der Waals surface area contributed by atoms with Gasteiger partial charge in [0.1, 0.15) is 13.2 Å². The first-order valence-corrected chi connectivity index (χ1v) is 11.4. The smallest absolute Gasteiger partial charge is 0.222 e. The Morgan fingerprint density at radius 1 is 1.19 bits per heavy atom. The van der Waals surface area contributed by atoms with E-state index >= 15 is 0 Å². The lowest BCUT2D eigenvalue weighted by Gasteiger charge is -2.23. The first kappa shape index (κ1) is 20.8. The van der Waals surface area contributed by atoms with Crippen LogP contribution in [0, 0.1) is 17.6 Å². The van der Waals surface area contributed by atoms with Gasteiger partial charge < -0.3 is 14.8 Å². The Kier molecular flexibility index (Phi) is 5.70. The molecule has 2 heterocycles. The van der Waals surface area contributed by atoms with Gasteiger partial charge in [0.15, 0.2) is 22.1 Å². The maximum Gasteiger partial charge on any atom is 0.222 e. The van der Waals surface area contributed by atoms with E-state index in [0.29, 0.717) is 36.9 Å². The fraction of sp³-hybridized carbons (Fsp3) is 0.375. The third-order valence-corrected chi connectivity index (χ3v) is 6.28. The molecule has 1 aromatic heterocycles. The molecule has 1 atom stereocenters. The second-order valence-corrected chi connectivity index (χ2v) is 8.79. The predicted octanol–water partition coefficient (Wildman–Crippen LogP) is 4.34. The molecule has 32 heavy (non-hydrogen) atoms. The number of nitrogens with zero attached hydrogens (tertiary/aromatic N) is 2. The van der Waals surface area contributed by atoms with E-state index in [1.54, 1.807) is 0 Å². The molecule has 1 unspecified atom stereocenters. The number of amides is 1. The number of hydrogen-bond donors (Lipinski definition) is 2. The molecule has 2 aromatic carbocycles. The highest BCUT2D eigenvalue weighted by atomic mass is 32.1. The second kappa shape index (κ2) is 8.78. The number of aromatic amines is 1. The normalized spacial score (nSPS) is 15.9. The van der Waals surface area contributed by atoms with E-state index in [2.05, 4.69) is 15.5 Å². The van der Waals surface area contributed by atoms with Crippen molar-refractivity contribution < 1.29 is 14.3 Å². The highest BCUT2D eigenvalue weighted by molar-refractivity contribution is 7.71. The molecule has 3 aromatic rings. The number of H-pyrrole nitrogens is 1. The van der Waals surface area contributed by atoms with Crippen molar-refractivity contribution in [1.29, 1.82) is 0 Å². The molecule has 2 aliphatic rings.